The fourth-order valence-corrected chi connectivity index (χ4v) is 2.26. The predicted octanol–water partition coefficient (Wildman–Crippen LogP) is 2.18. The Morgan fingerprint density at radius 2 is 1.90 bits per heavy atom. The molecule has 1 aromatic rings. The van der Waals surface area contributed by atoms with Gasteiger partial charge in [0, 0.05) is 33.0 Å². The second kappa shape index (κ2) is 8.29. The number of rotatable bonds is 9. The molecule has 1 aromatic heterocycles. The smallest absolute Gasteiger partial charge is 0.160 e. The molecule has 0 aliphatic rings. The summed E-state index contributed by atoms with van der Waals surface area (Å²) in [6, 6.07) is 2.01. The maximum Gasteiger partial charge on any atom is 0.160 e. The van der Waals surface area contributed by atoms with Gasteiger partial charge in [0.2, 0.25) is 0 Å². The van der Waals surface area contributed by atoms with E-state index in [9.17, 15) is 0 Å². The van der Waals surface area contributed by atoms with Crippen molar-refractivity contribution in [3.63, 3.8) is 0 Å². The topological polar surface area (TPSA) is 56.3 Å². The standard InChI is InChI=1S/C15H27N3O2/c1-6-15(7-2,20-5)14-17-12(3)10-13(18-14)11-16-8-9-19-4/h10,16H,6-9,11H2,1-5H3. The number of methoxy groups -OCH3 is 2. The van der Waals surface area contributed by atoms with Gasteiger partial charge in [0.05, 0.1) is 12.3 Å². The van der Waals surface area contributed by atoms with Crippen molar-refractivity contribution in [2.75, 3.05) is 27.4 Å². The molecule has 0 aromatic carbocycles. The maximum absolute atomic E-state index is 5.71. The van der Waals surface area contributed by atoms with E-state index in [2.05, 4.69) is 29.1 Å². The first-order valence-corrected chi connectivity index (χ1v) is 7.21. The molecule has 114 valence electrons. The van der Waals surface area contributed by atoms with Gasteiger partial charge in [-0.1, -0.05) is 13.8 Å². The van der Waals surface area contributed by atoms with Gasteiger partial charge in [0.1, 0.15) is 5.60 Å². The lowest BCUT2D eigenvalue weighted by Crippen LogP contribution is -2.30. The van der Waals surface area contributed by atoms with E-state index in [1.165, 1.54) is 0 Å². The summed E-state index contributed by atoms with van der Waals surface area (Å²) in [7, 11) is 3.43. The van der Waals surface area contributed by atoms with Crippen molar-refractivity contribution in [3.8, 4) is 0 Å². The Hall–Kier alpha value is -1.04. The van der Waals surface area contributed by atoms with Crippen molar-refractivity contribution in [3.05, 3.63) is 23.3 Å². The van der Waals surface area contributed by atoms with E-state index in [0.29, 0.717) is 13.2 Å². The minimum Gasteiger partial charge on any atom is -0.383 e. The summed E-state index contributed by atoms with van der Waals surface area (Å²) in [4.78, 5) is 9.25. The summed E-state index contributed by atoms with van der Waals surface area (Å²) in [5, 5.41) is 3.31. The van der Waals surface area contributed by atoms with Gasteiger partial charge in [0.15, 0.2) is 5.82 Å². The fourth-order valence-electron chi connectivity index (χ4n) is 2.26. The first kappa shape index (κ1) is 17.0. The molecule has 0 atom stereocenters. The molecule has 0 aliphatic carbocycles. The van der Waals surface area contributed by atoms with E-state index >= 15 is 0 Å². The Morgan fingerprint density at radius 1 is 1.20 bits per heavy atom. The molecule has 0 saturated carbocycles. The van der Waals surface area contributed by atoms with Crippen molar-refractivity contribution < 1.29 is 9.47 Å². The van der Waals surface area contributed by atoms with Crippen LogP contribution < -0.4 is 5.32 Å². The number of nitrogens with one attached hydrogen (secondary N) is 1. The monoisotopic (exact) mass is 281 g/mol. The lowest BCUT2D eigenvalue weighted by molar-refractivity contribution is -0.0294. The minimum atomic E-state index is -0.382. The lowest BCUT2D eigenvalue weighted by Gasteiger charge is -2.29. The Labute approximate surface area is 122 Å². The number of hydrogen-bond donors (Lipinski definition) is 1. The molecule has 20 heavy (non-hydrogen) atoms. The molecule has 5 nitrogen and oxygen atoms in total. The molecule has 0 fully saturated rings. The van der Waals surface area contributed by atoms with Crippen molar-refractivity contribution in [1.82, 2.24) is 15.3 Å². The predicted molar refractivity (Wildman–Crippen MR) is 79.6 cm³/mol. The van der Waals surface area contributed by atoms with E-state index in [-0.39, 0.29) is 5.60 Å². The molecule has 0 spiro atoms. The summed E-state index contributed by atoms with van der Waals surface area (Å²) in [5.74, 6) is 0.786. The highest BCUT2D eigenvalue weighted by molar-refractivity contribution is 5.14. The highest BCUT2D eigenvalue weighted by Gasteiger charge is 2.31. The minimum absolute atomic E-state index is 0.382. The van der Waals surface area contributed by atoms with Gasteiger partial charge in [-0.25, -0.2) is 9.97 Å². The van der Waals surface area contributed by atoms with Crippen LogP contribution in [0, 0.1) is 6.92 Å². The first-order chi connectivity index (χ1) is 9.61. The number of aryl methyl sites for hydroxylation is 1. The van der Waals surface area contributed by atoms with Crippen LogP contribution in [0.1, 0.15) is 43.9 Å². The molecule has 0 radical (unpaired) electrons. The van der Waals surface area contributed by atoms with Crippen LogP contribution in [0.25, 0.3) is 0 Å². The second-order valence-electron chi connectivity index (χ2n) is 4.90. The summed E-state index contributed by atoms with van der Waals surface area (Å²) in [6.07, 6.45) is 1.72. The molecule has 1 heterocycles. The quantitative estimate of drug-likeness (QED) is 0.703. The van der Waals surface area contributed by atoms with Gasteiger partial charge in [-0.15, -0.1) is 0 Å². The van der Waals surface area contributed by atoms with Crippen LogP contribution in [0.2, 0.25) is 0 Å². The highest BCUT2D eigenvalue weighted by Crippen LogP contribution is 2.29. The Morgan fingerprint density at radius 3 is 2.45 bits per heavy atom. The van der Waals surface area contributed by atoms with Crippen LogP contribution in [0.4, 0.5) is 0 Å². The molecule has 0 aliphatic heterocycles. The summed E-state index contributed by atoms with van der Waals surface area (Å²) < 4.78 is 10.7. The number of nitrogens with zero attached hydrogens (tertiary/aromatic N) is 2. The van der Waals surface area contributed by atoms with Crippen LogP contribution in [0.3, 0.4) is 0 Å². The normalized spacial score (nSPS) is 11.8. The average molecular weight is 281 g/mol. The largest absolute Gasteiger partial charge is 0.383 e. The Bertz CT molecular complexity index is 398. The van der Waals surface area contributed by atoms with Gasteiger partial charge in [0.25, 0.3) is 0 Å². The second-order valence-corrected chi connectivity index (χ2v) is 4.90. The first-order valence-electron chi connectivity index (χ1n) is 7.21. The molecule has 0 bridgehead atoms. The van der Waals surface area contributed by atoms with E-state index in [0.717, 1.165) is 36.6 Å². The van der Waals surface area contributed by atoms with Gasteiger partial charge in [-0.3, -0.25) is 0 Å². The van der Waals surface area contributed by atoms with E-state index in [1.54, 1.807) is 14.2 Å². The van der Waals surface area contributed by atoms with Crippen LogP contribution in [0.15, 0.2) is 6.07 Å². The number of hydrogen-bond acceptors (Lipinski definition) is 5. The van der Waals surface area contributed by atoms with Crippen LogP contribution in [-0.4, -0.2) is 37.3 Å². The number of ether oxygens (including phenoxy) is 2. The number of aromatic nitrogens is 2. The van der Waals surface area contributed by atoms with Crippen molar-refractivity contribution in [2.45, 2.75) is 45.8 Å². The molecule has 5 heteroatoms. The summed E-state index contributed by atoms with van der Waals surface area (Å²) in [6.45, 7) is 8.43. The van der Waals surface area contributed by atoms with E-state index < -0.39 is 0 Å². The molecular formula is C15H27N3O2. The maximum atomic E-state index is 5.71. The molecule has 1 N–H and O–H groups in total. The average Bonchev–Trinajstić information content (AvgIpc) is 2.46. The SMILES string of the molecule is CCC(CC)(OC)c1nc(C)cc(CNCCOC)n1. The zero-order valence-electron chi connectivity index (χ0n) is 13.3. The summed E-state index contributed by atoms with van der Waals surface area (Å²) in [5.41, 5.74) is 1.58. The molecule has 0 unspecified atom stereocenters. The van der Waals surface area contributed by atoms with Gasteiger partial charge >= 0.3 is 0 Å². The van der Waals surface area contributed by atoms with Gasteiger partial charge in [-0.05, 0) is 25.8 Å². The van der Waals surface area contributed by atoms with Crippen molar-refractivity contribution >= 4 is 0 Å². The van der Waals surface area contributed by atoms with Crippen molar-refractivity contribution in [1.29, 1.82) is 0 Å². The molecule has 0 amide bonds. The zero-order valence-corrected chi connectivity index (χ0v) is 13.3. The zero-order chi connectivity index (χ0) is 15.0. The highest BCUT2D eigenvalue weighted by atomic mass is 16.5. The molecule has 0 saturated heterocycles. The third-order valence-corrected chi connectivity index (χ3v) is 3.64. The third-order valence-electron chi connectivity index (χ3n) is 3.64. The molecule has 1 rings (SSSR count). The van der Waals surface area contributed by atoms with Gasteiger partial charge in [-0.2, -0.15) is 0 Å². The lowest BCUT2D eigenvalue weighted by atomic mass is 9.95. The van der Waals surface area contributed by atoms with Crippen LogP contribution in [0.5, 0.6) is 0 Å². The Balaban J connectivity index is 2.90. The third kappa shape index (κ3) is 4.23. The summed E-state index contributed by atoms with van der Waals surface area (Å²) >= 11 is 0. The fraction of sp³-hybridized carbons (Fsp3) is 0.733. The molecular weight excluding hydrogens is 254 g/mol. The van der Waals surface area contributed by atoms with E-state index in [1.807, 2.05) is 13.0 Å². The van der Waals surface area contributed by atoms with Crippen LogP contribution in [-0.2, 0) is 21.6 Å². The van der Waals surface area contributed by atoms with Crippen LogP contribution >= 0.6 is 0 Å². The van der Waals surface area contributed by atoms with E-state index in [4.69, 9.17) is 9.47 Å². The van der Waals surface area contributed by atoms with Gasteiger partial charge < -0.3 is 14.8 Å². The Kier molecular flexibility index (Phi) is 7.05. The van der Waals surface area contributed by atoms with Crippen molar-refractivity contribution in [2.24, 2.45) is 0 Å².